The van der Waals surface area contributed by atoms with Gasteiger partial charge >= 0.3 is 0 Å². The van der Waals surface area contributed by atoms with E-state index in [1.54, 1.807) is 17.2 Å². The van der Waals surface area contributed by atoms with Crippen molar-refractivity contribution in [3.63, 3.8) is 0 Å². The Kier molecular flexibility index (Phi) is 5.16. The first-order valence-electron chi connectivity index (χ1n) is 8.81. The third-order valence-corrected chi connectivity index (χ3v) is 4.70. The fourth-order valence-electron chi connectivity index (χ4n) is 3.10. The molecule has 1 atom stereocenters. The summed E-state index contributed by atoms with van der Waals surface area (Å²) >= 11 is 0. The molecule has 3 rings (SSSR count). The zero-order valence-corrected chi connectivity index (χ0v) is 14.7. The second-order valence-electron chi connectivity index (χ2n) is 6.39. The van der Waals surface area contributed by atoms with Crippen LogP contribution in [-0.4, -0.2) is 28.1 Å². The topological polar surface area (TPSA) is 67.2 Å². The van der Waals surface area contributed by atoms with Gasteiger partial charge in [0.1, 0.15) is 5.82 Å². The molecule has 132 valence electrons. The number of rotatable bonds is 6. The van der Waals surface area contributed by atoms with Crippen molar-refractivity contribution in [3.05, 3.63) is 42.1 Å². The number of amides is 2. The van der Waals surface area contributed by atoms with Crippen LogP contribution in [0.2, 0.25) is 0 Å². The van der Waals surface area contributed by atoms with Crippen LogP contribution in [0.25, 0.3) is 0 Å². The van der Waals surface area contributed by atoms with E-state index in [9.17, 15) is 9.59 Å². The van der Waals surface area contributed by atoms with Gasteiger partial charge < -0.3 is 10.2 Å². The smallest absolute Gasteiger partial charge is 0.227 e. The summed E-state index contributed by atoms with van der Waals surface area (Å²) in [4.78, 5) is 26.3. The van der Waals surface area contributed by atoms with E-state index in [0.717, 1.165) is 24.1 Å². The van der Waals surface area contributed by atoms with Crippen molar-refractivity contribution in [1.82, 2.24) is 9.78 Å². The first-order valence-corrected chi connectivity index (χ1v) is 8.81. The molecular weight excluding hydrogens is 316 g/mol. The van der Waals surface area contributed by atoms with Crippen LogP contribution in [0.15, 0.2) is 36.5 Å². The van der Waals surface area contributed by atoms with Gasteiger partial charge in [-0.05, 0) is 31.4 Å². The Balaban J connectivity index is 1.63. The Hall–Kier alpha value is -2.63. The Morgan fingerprint density at radius 1 is 1.28 bits per heavy atom. The highest BCUT2D eigenvalue weighted by atomic mass is 16.2. The molecule has 2 heterocycles. The molecule has 0 fully saturated rings. The van der Waals surface area contributed by atoms with E-state index < -0.39 is 0 Å². The fourth-order valence-corrected chi connectivity index (χ4v) is 3.10. The predicted octanol–water partition coefficient (Wildman–Crippen LogP) is 3.16. The first kappa shape index (κ1) is 17.2. The summed E-state index contributed by atoms with van der Waals surface area (Å²) in [6.45, 7) is 4.53. The molecule has 0 aliphatic carbocycles. The molecule has 1 N–H and O–H groups in total. The number of nitrogens with zero attached hydrogens (tertiary/aromatic N) is 3. The van der Waals surface area contributed by atoms with Gasteiger partial charge in [0.05, 0.1) is 12.2 Å². The number of hydrogen-bond acceptors (Lipinski definition) is 3. The van der Waals surface area contributed by atoms with Crippen LogP contribution < -0.4 is 10.2 Å². The molecule has 6 heteroatoms. The van der Waals surface area contributed by atoms with Crippen LogP contribution in [0.3, 0.4) is 0 Å². The number of nitrogens with one attached hydrogen (secondary N) is 1. The Bertz CT molecular complexity index is 768. The minimum absolute atomic E-state index is 0.0798. The van der Waals surface area contributed by atoms with E-state index in [1.807, 2.05) is 28.9 Å². The van der Waals surface area contributed by atoms with Crippen molar-refractivity contribution in [2.75, 3.05) is 16.8 Å². The van der Waals surface area contributed by atoms with Crippen molar-refractivity contribution in [2.24, 2.45) is 0 Å². The first-order chi connectivity index (χ1) is 12.1. The van der Waals surface area contributed by atoms with Crippen LogP contribution in [0, 0.1) is 0 Å². The number of carbonyl (C=O) groups excluding carboxylic acids is 2. The zero-order valence-electron chi connectivity index (χ0n) is 14.7. The van der Waals surface area contributed by atoms with E-state index >= 15 is 0 Å². The molecule has 0 saturated carbocycles. The normalized spacial score (nSPS) is 15.0. The summed E-state index contributed by atoms with van der Waals surface area (Å²) in [5, 5.41) is 7.18. The fraction of sp³-hybridized carbons (Fsp3) is 0.421. The number of aromatic nitrogens is 2. The average molecular weight is 340 g/mol. The molecule has 0 saturated heterocycles. The molecule has 1 aromatic carbocycles. The minimum Gasteiger partial charge on any atom is -0.312 e. The number of para-hydroxylation sites is 1. The molecule has 0 spiro atoms. The van der Waals surface area contributed by atoms with Crippen LogP contribution in [0.5, 0.6) is 0 Å². The second-order valence-corrected chi connectivity index (χ2v) is 6.39. The van der Waals surface area contributed by atoms with Gasteiger partial charge in [0.25, 0.3) is 0 Å². The molecule has 1 aliphatic rings. The maximum Gasteiger partial charge on any atom is 0.227 e. The SMILES string of the molecule is CC[C@@H](C)n1nccc1NC(=O)CCN1C(=O)CCc2ccccc21. The van der Waals surface area contributed by atoms with Gasteiger partial charge in [0.15, 0.2) is 0 Å². The maximum absolute atomic E-state index is 12.3. The van der Waals surface area contributed by atoms with Crippen LogP contribution >= 0.6 is 0 Å². The van der Waals surface area contributed by atoms with Gasteiger partial charge in [-0.2, -0.15) is 5.10 Å². The molecule has 0 radical (unpaired) electrons. The lowest BCUT2D eigenvalue weighted by molar-refractivity contribution is -0.119. The van der Waals surface area contributed by atoms with E-state index in [1.165, 1.54) is 0 Å². The van der Waals surface area contributed by atoms with E-state index in [2.05, 4.69) is 24.3 Å². The molecule has 0 unspecified atom stereocenters. The number of benzene rings is 1. The summed E-state index contributed by atoms with van der Waals surface area (Å²) in [5.74, 6) is 0.668. The number of fused-ring (bicyclic) bond motifs is 1. The Morgan fingerprint density at radius 3 is 2.88 bits per heavy atom. The lowest BCUT2D eigenvalue weighted by Gasteiger charge is -2.29. The van der Waals surface area contributed by atoms with Crippen molar-refractivity contribution >= 4 is 23.3 Å². The van der Waals surface area contributed by atoms with Gasteiger partial charge in [0.2, 0.25) is 11.8 Å². The lowest BCUT2D eigenvalue weighted by atomic mass is 10.0. The standard InChI is InChI=1S/C19H24N4O2/c1-3-14(2)23-17(10-12-20-23)21-18(24)11-13-22-16-7-5-4-6-15(16)8-9-19(22)25/h4-7,10,12,14H,3,8-9,11,13H2,1-2H3,(H,21,24)/t14-/m1/s1. The molecule has 0 bridgehead atoms. The molecule has 25 heavy (non-hydrogen) atoms. The monoisotopic (exact) mass is 340 g/mol. The number of anilines is 2. The van der Waals surface area contributed by atoms with Gasteiger partial charge in [-0.3, -0.25) is 9.59 Å². The Morgan fingerprint density at radius 2 is 2.08 bits per heavy atom. The van der Waals surface area contributed by atoms with Crippen LogP contribution in [0.1, 0.15) is 44.7 Å². The molecule has 1 aliphatic heterocycles. The minimum atomic E-state index is -0.110. The average Bonchev–Trinajstić information content (AvgIpc) is 3.08. The van der Waals surface area contributed by atoms with Crippen molar-refractivity contribution in [1.29, 1.82) is 0 Å². The molecular formula is C19H24N4O2. The van der Waals surface area contributed by atoms with Crippen molar-refractivity contribution in [3.8, 4) is 0 Å². The molecule has 2 aromatic rings. The number of carbonyl (C=O) groups is 2. The van der Waals surface area contributed by atoms with Gasteiger partial charge in [0, 0.05) is 31.1 Å². The molecule has 1 aromatic heterocycles. The molecule has 2 amide bonds. The number of aryl methyl sites for hydroxylation is 1. The van der Waals surface area contributed by atoms with Gasteiger partial charge in [-0.1, -0.05) is 25.1 Å². The number of hydrogen-bond donors (Lipinski definition) is 1. The summed E-state index contributed by atoms with van der Waals surface area (Å²) in [7, 11) is 0. The van der Waals surface area contributed by atoms with Crippen molar-refractivity contribution in [2.45, 2.75) is 45.6 Å². The van der Waals surface area contributed by atoms with Gasteiger partial charge in [-0.25, -0.2) is 4.68 Å². The summed E-state index contributed by atoms with van der Waals surface area (Å²) in [6.07, 6.45) is 4.15. The predicted molar refractivity (Wildman–Crippen MR) is 97.6 cm³/mol. The van der Waals surface area contributed by atoms with Crippen molar-refractivity contribution < 1.29 is 9.59 Å². The maximum atomic E-state index is 12.3. The van der Waals surface area contributed by atoms with E-state index in [0.29, 0.717) is 18.8 Å². The summed E-state index contributed by atoms with van der Waals surface area (Å²) in [5.41, 5.74) is 2.09. The van der Waals surface area contributed by atoms with Crippen LogP contribution in [-0.2, 0) is 16.0 Å². The highest BCUT2D eigenvalue weighted by Gasteiger charge is 2.24. The third kappa shape index (κ3) is 3.73. The quantitative estimate of drug-likeness (QED) is 0.878. The Labute approximate surface area is 147 Å². The largest absolute Gasteiger partial charge is 0.312 e. The third-order valence-electron chi connectivity index (χ3n) is 4.70. The van der Waals surface area contributed by atoms with Gasteiger partial charge in [-0.15, -0.1) is 0 Å². The summed E-state index contributed by atoms with van der Waals surface area (Å²) in [6, 6.07) is 9.92. The highest BCUT2D eigenvalue weighted by Crippen LogP contribution is 2.27. The lowest BCUT2D eigenvalue weighted by Crippen LogP contribution is -2.37. The molecule has 6 nitrogen and oxygen atoms in total. The highest BCUT2D eigenvalue weighted by molar-refractivity contribution is 5.97. The zero-order chi connectivity index (χ0) is 17.8. The van der Waals surface area contributed by atoms with Crippen LogP contribution in [0.4, 0.5) is 11.5 Å². The summed E-state index contributed by atoms with van der Waals surface area (Å²) < 4.78 is 1.82. The van der Waals surface area contributed by atoms with E-state index in [-0.39, 0.29) is 24.3 Å². The van der Waals surface area contributed by atoms with E-state index in [4.69, 9.17) is 0 Å². The second kappa shape index (κ2) is 7.51.